The van der Waals surface area contributed by atoms with E-state index in [0.717, 1.165) is 19.4 Å². The minimum Gasteiger partial charge on any atom is -0.435 e. The standard InChI is InChI=1S/C15H20F2N2O3/c1-21-10-15(7-2-8-19-15)9-18-13(20)11-3-5-12(6-4-11)22-14(16)17/h3-6,14,19H,2,7-10H2,1H3,(H,18,20). The zero-order valence-electron chi connectivity index (χ0n) is 12.4. The molecule has 22 heavy (non-hydrogen) atoms. The Hall–Kier alpha value is -1.73. The number of carbonyl (C=O) groups is 1. The first-order valence-electron chi connectivity index (χ1n) is 7.12. The number of hydrogen-bond donors (Lipinski definition) is 2. The quantitative estimate of drug-likeness (QED) is 0.805. The van der Waals surface area contributed by atoms with Crippen LogP contribution < -0.4 is 15.4 Å². The average Bonchev–Trinajstić information content (AvgIpc) is 2.94. The number of ether oxygens (including phenoxy) is 2. The number of benzene rings is 1. The largest absolute Gasteiger partial charge is 0.435 e. The molecule has 1 unspecified atom stereocenters. The predicted molar refractivity (Wildman–Crippen MR) is 77.3 cm³/mol. The van der Waals surface area contributed by atoms with Gasteiger partial charge in [0.1, 0.15) is 5.75 Å². The Morgan fingerprint density at radius 2 is 2.14 bits per heavy atom. The van der Waals surface area contributed by atoms with Gasteiger partial charge in [-0.15, -0.1) is 0 Å². The van der Waals surface area contributed by atoms with E-state index in [9.17, 15) is 13.6 Å². The number of carbonyl (C=O) groups excluding carboxylic acids is 1. The van der Waals surface area contributed by atoms with E-state index in [4.69, 9.17) is 4.74 Å². The number of rotatable bonds is 7. The van der Waals surface area contributed by atoms with Crippen molar-refractivity contribution >= 4 is 5.91 Å². The maximum Gasteiger partial charge on any atom is 0.387 e. The SMILES string of the molecule is COCC1(CNC(=O)c2ccc(OC(F)F)cc2)CCCN1. The number of methoxy groups -OCH3 is 1. The van der Waals surface area contributed by atoms with Crippen molar-refractivity contribution in [3.8, 4) is 5.75 Å². The van der Waals surface area contributed by atoms with Crippen molar-refractivity contribution in [2.45, 2.75) is 25.0 Å². The lowest BCUT2D eigenvalue weighted by atomic mass is 9.98. The summed E-state index contributed by atoms with van der Waals surface area (Å²) in [5, 5.41) is 6.22. The minimum atomic E-state index is -2.87. The summed E-state index contributed by atoms with van der Waals surface area (Å²) in [5.74, 6) is -0.229. The first-order chi connectivity index (χ1) is 10.5. The molecule has 0 aromatic heterocycles. The summed E-state index contributed by atoms with van der Waals surface area (Å²) in [4.78, 5) is 12.1. The maximum atomic E-state index is 12.1. The molecular weight excluding hydrogens is 294 g/mol. The van der Waals surface area contributed by atoms with E-state index >= 15 is 0 Å². The van der Waals surface area contributed by atoms with Crippen LogP contribution in [0.4, 0.5) is 8.78 Å². The van der Waals surface area contributed by atoms with Gasteiger partial charge in [0.05, 0.1) is 12.1 Å². The summed E-state index contributed by atoms with van der Waals surface area (Å²) in [6, 6.07) is 5.61. The number of amides is 1. The molecule has 1 amide bonds. The van der Waals surface area contributed by atoms with Crippen LogP contribution in [0.15, 0.2) is 24.3 Å². The van der Waals surface area contributed by atoms with Gasteiger partial charge < -0.3 is 20.1 Å². The molecular formula is C15H20F2N2O3. The highest BCUT2D eigenvalue weighted by Crippen LogP contribution is 2.19. The van der Waals surface area contributed by atoms with E-state index in [1.54, 1.807) is 7.11 Å². The molecule has 1 aromatic carbocycles. The lowest BCUT2D eigenvalue weighted by Crippen LogP contribution is -2.52. The normalized spacial score (nSPS) is 21.1. The summed E-state index contributed by atoms with van der Waals surface area (Å²) >= 11 is 0. The van der Waals surface area contributed by atoms with Crippen molar-refractivity contribution < 1.29 is 23.0 Å². The molecule has 0 saturated carbocycles. The third-order valence-corrected chi connectivity index (χ3v) is 3.68. The van der Waals surface area contributed by atoms with E-state index in [-0.39, 0.29) is 17.2 Å². The van der Waals surface area contributed by atoms with E-state index < -0.39 is 6.61 Å². The van der Waals surface area contributed by atoms with Gasteiger partial charge in [0.25, 0.3) is 5.91 Å². The fraction of sp³-hybridized carbons (Fsp3) is 0.533. The third kappa shape index (κ3) is 4.38. The lowest BCUT2D eigenvalue weighted by Gasteiger charge is -2.28. The van der Waals surface area contributed by atoms with Gasteiger partial charge in [0.15, 0.2) is 0 Å². The van der Waals surface area contributed by atoms with Crippen molar-refractivity contribution in [1.82, 2.24) is 10.6 Å². The molecule has 2 N–H and O–H groups in total. The molecule has 1 fully saturated rings. The van der Waals surface area contributed by atoms with Crippen LogP contribution in [0, 0.1) is 0 Å². The zero-order valence-corrected chi connectivity index (χ0v) is 12.4. The highest BCUT2D eigenvalue weighted by molar-refractivity contribution is 5.94. The van der Waals surface area contributed by atoms with E-state index in [2.05, 4.69) is 15.4 Å². The van der Waals surface area contributed by atoms with E-state index in [1.807, 2.05) is 0 Å². The molecule has 1 aliphatic heterocycles. The number of halogens is 2. The summed E-state index contributed by atoms with van der Waals surface area (Å²) in [5.41, 5.74) is 0.163. The molecule has 1 aliphatic rings. The Morgan fingerprint density at radius 3 is 2.68 bits per heavy atom. The summed E-state index contributed by atoms with van der Waals surface area (Å²) in [6.45, 7) is -0.996. The second kappa shape index (κ2) is 7.51. The monoisotopic (exact) mass is 314 g/mol. The Morgan fingerprint density at radius 1 is 1.41 bits per heavy atom. The maximum absolute atomic E-state index is 12.1. The van der Waals surface area contributed by atoms with E-state index in [1.165, 1.54) is 24.3 Å². The Balaban J connectivity index is 1.91. The smallest absolute Gasteiger partial charge is 0.387 e. The number of nitrogens with one attached hydrogen (secondary N) is 2. The van der Waals surface area contributed by atoms with Gasteiger partial charge in [0.2, 0.25) is 0 Å². The van der Waals surface area contributed by atoms with Crippen LogP contribution >= 0.6 is 0 Å². The molecule has 122 valence electrons. The fourth-order valence-corrected chi connectivity index (χ4v) is 2.61. The molecule has 2 rings (SSSR count). The van der Waals surface area contributed by atoms with Crippen LogP contribution in [-0.4, -0.2) is 44.9 Å². The first-order valence-corrected chi connectivity index (χ1v) is 7.12. The van der Waals surface area contributed by atoms with Crippen molar-refractivity contribution in [2.24, 2.45) is 0 Å². The second-order valence-corrected chi connectivity index (χ2v) is 5.33. The van der Waals surface area contributed by atoms with Crippen LogP contribution in [0.25, 0.3) is 0 Å². The summed E-state index contributed by atoms with van der Waals surface area (Å²) < 4.78 is 33.6. The molecule has 1 heterocycles. The Labute approximate surface area is 128 Å². The van der Waals surface area contributed by atoms with Gasteiger partial charge in [0, 0.05) is 19.2 Å². The van der Waals surface area contributed by atoms with Crippen LogP contribution in [0.2, 0.25) is 0 Å². The summed E-state index contributed by atoms with van der Waals surface area (Å²) in [6.07, 6.45) is 1.97. The molecule has 0 bridgehead atoms. The molecule has 0 radical (unpaired) electrons. The molecule has 0 aliphatic carbocycles. The van der Waals surface area contributed by atoms with Crippen molar-refractivity contribution in [3.63, 3.8) is 0 Å². The van der Waals surface area contributed by atoms with Crippen LogP contribution in [0.5, 0.6) is 5.75 Å². The Kier molecular flexibility index (Phi) is 5.68. The number of hydrogen-bond acceptors (Lipinski definition) is 4. The van der Waals surface area contributed by atoms with Gasteiger partial charge in [-0.2, -0.15) is 8.78 Å². The highest BCUT2D eigenvalue weighted by atomic mass is 19.3. The van der Waals surface area contributed by atoms with Crippen molar-refractivity contribution in [1.29, 1.82) is 0 Å². The molecule has 5 nitrogen and oxygen atoms in total. The van der Waals surface area contributed by atoms with Crippen LogP contribution in [0.3, 0.4) is 0 Å². The molecule has 1 atom stereocenters. The molecule has 1 saturated heterocycles. The van der Waals surface area contributed by atoms with Crippen molar-refractivity contribution in [3.05, 3.63) is 29.8 Å². The van der Waals surface area contributed by atoms with Crippen molar-refractivity contribution in [2.75, 3.05) is 26.8 Å². The highest BCUT2D eigenvalue weighted by Gasteiger charge is 2.33. The van der Waals surface area contributed by atoms with Gasteiger partial charge in [-0.05, 0) is 43.7 Å². The fourth-order valence-electron chi connectivity index (χ4n) is 2.61. The lowest BCUT2D eigenvalue weighted by molar-refractivity contribution is -0.0498. The van der Waals surface area contributed by atoms with Gasteiger partial charge >= 0.3 is 6.61 Å². The predicted octanol–water partition coefficient (Wildman–Crippen LogP) is 1.79. The second-order valence-electron chi connectivity index (χ2n) is 5.33. The zero-order chi connectivity index (χ0) is 16.0. The van der Waals surface area contributed by atoms with Gasteiger partial charge in [-0.25, -0.2) is 0 Å². The first kappa shape index (κ1) is 16.6. The topological polar surface area (TPSA) is 59.6 Å². The minimum absolute atomic E-state index is 0.0277. The van der Waals surface area contributed by atoms with E-state index in [0.29, 0.717) is 18.7 Å². The molecule has 1 aromatic rings. The van der Waals surface area contributed by atoms with Crippen LogP contribution in [-0.2, 0) is 4.74 Å². The average molecular weight is 314 g/mol. The van der Waals surface area contributed by atoms with Gasteiger partial charge in [-0.3, -0.25) is 4.79 Å². The Bertz CT molecular complexity index is 488. The summed E-state index contributed by atoms with van der Waals surface area (Å²) in [7, 11) is 1.63. The number of alkyl halides is 2. The molecule has 0 spiro atoms. The third-order valence-electron chi connectivity index (χ3n) is 3.68. The van der Waals surface area contributed by atoms with Crippen LogP contribution in [0.1, 0.15) is 23.2 Å². The van der Waals surface area contributed by atoms with Gasteiger partial charge in [-0.1, -0.05) is 0 Å². The molecule has 7 heteroatoms.